The second-order valence-electron chi connectivity index (χ2n) is 9.83. The summed E-state index contributed by atoms with van der Waals surface area (Å²) in [5.74, 6) is -2.25. The van der Waals surface area contributed by atoms with Crippen LogP contribution in [-0.4, -0.2) is 43.2 Å². The molecule has 216 valence electrons. The van der Waals surface area contributed by atoms with Crippen LogP contribution < -0.4 is 15.4 Å². The molecule has 2 heterocycles. The molecule has 3 atom stereocenters. The van der Waals surface area contributed by atoms with Gasteiger partial charge in [0.1, 0.15) is 10.8 Å². The molecule has 0 bridgehead atoms. The first-order valence-corrected chi connectivity index (χ1v) is 14.3. The lowest BCUT2D eigenvalue weighted by Crippen LogP contribution is -2.55. The Balaban J connectivity index is 1.90. The van der Waals surface area contributed by atoms with Crippen LogP contribution in [0.3, 0.4) is 0 Å². The zero-order valence-corrected chi connectivity index (χ0v) is 24.9. The Hall–Kier alpha value is -4.18. The number of anilines is 1. The molecule has 4 rings (SSSR count). The molecule has 0 saturated carbocycles. The number of hydrogen-bond acceptors (Lipinski definition) is 9. The standard InChI is InChI=1S/C31H35N3O6S/c1-7-39-29(36)25-18(3)34-31(5,21-12-10-9-11-13-21)27(30(37)40-8-2)26(25)28-33-23(17-41-28)20-14-15-24(38-6)22(16-20)32-19(4)35/h9-17,26-27,34H,7-8H2,1-6H3,(H,32,35). The minimum absolute atomic E-state index is 0.184. The topological polar surface area (TPSA) is 116 Å². The van der Waals surface area contributed by atoms with Crippen molar-refractivity contribution >= 4 is 34.9 Å². The van der Waals surface area contributed by atoms with Gasteiger partial charge < -0.3 is 24.8 Å². The summed E-state index contributed by atoms with van der Waals surface area (Å²) < 4.78 is 16.5. The van der Waals surface area contributed by atoms with Crippen molar-refractivity contribution in [2.24, 2.45) is 5.92 Å². The number of nitrogens with one attached hydrogen (secondary N) is 2. The van der Waals surface area contributed by atoms with Crippen molar-refractivity contribution in [3.05, 3.63) is 75.8 Å². The Morgan fingerprint density at radius 1 is 1.07 bits per heavy atom. The number of ether oxygens (including phenoxy) is 3. The van der Waals surface area contributed by atoms with E-state index in [1.54, 1.807) is 26.0 Å². The van der Waals surface area contributed by atoms with Crippen molar-refractivity contribution in [3.63, 3.8) is 0 Å². The highest BCUT2D eigenvalue weighted by molar-refractivity contribution is 7.10. The number of aromatic nitrogens is 1. The molecule has 9 nitrogen and oxygen atoms in total. The smallest absolute Gasteiger partial charge is 0.336 e. The Bertz CT molecular complexity index is 1470. The van der Waals surface area contributed by atoms with E-state index in [9.17, 15) is 14.4 Å². The van der Waals surface area contributed by atoms with Gasteiger partial charge in [0.25, 0.3) is 0 Å². The summed E-state index contributed by atoms with van der Waals surface area (Å²) in [7, 11) is 1.53. The highest BCUT2D eigenvalue weighted by atomic mass is 32.1. The fourth-order valence-corrected chi connectivity index (χ4v) is 6.35. The normalized spacial score (nSPS) is 20.1. The van der Waals surface area contributed by atoms with Crippen LogP contribution in [0.4, 0.5) is 5.69 Å². The number of carbonyl (C=O) groups excluding carboxylic acids is 3. The van der Waals surface area contributed by atoms with E-state index in [2.05, 4.69) is 10.6 Å². The van der Waals surface area contributed by atoms with Crippen molar-refractivity contribution in [2.45, 2.75) is 46.1 Å². The number of amides is 1. The van der Waals surface area contributed by atoms with E-state index in [-0.39, 0.29) is 19.1 Å². The van der Waals surface area contributed by atoms with Crippen LogP contribution in [0.15, 0.2) is 65.2 Å². The van der Waals surface area contributed by atoms with Gasteiger partial charge in [-0.1, -0.05) is 30.3 Å². The van der Waals surface area contributed by atoms with Crippen molar-refractivity contribution in [2.75, 3.05) is 25.6 Å². The van der Waals surface area contributed by atoms with Gasteiger partial charge in [-0.05, 0) is 51.5 Å². The number of allylic oxidation sites excluding steroid dienone is 1. The summed E-state index contributed by atoms with van der Waals surface area (Å²) in [4.78, 5) is 43.9. The number of rotatable bonds is 9. The van der Waals surface area contributed by atoms with E-state index in [1.165, 1.54) is 25.4 Å². The Morgan fingerprint density at radius 2 is 1.78 bits per heavy atom. The maximum absolute atomic E-state index is 13.8. The van der Waals surface area contributed by atoms with Gasteiger partial charge in [-0.15, -0.1) is 11.3 Å². The molecule has 3 aromatic rings. The van der Waals surface area contributed by atoms with E-state index in [0.717, 1.165) is 11.1 Å². The van der Waals surface area contributed by atoms with Crippen LogP contribution in [-0.2, 0) is 29.4 Å². The summed E-state index contributed by atoms with van der Waals surface area (Å²) in [5.41, 5.74) is 2.78. The predicted octanol–water partition coefficient (Wildman–Crippen LogP) is 5.40. The van der Waals surface area contributed by atoms with Crippen molar-refractivity contribution in [1.29, 1.82) is 0 Å². The molecule has 10 heteroatoms. The maximum atomic E-state index is 13.8. The van der Waals surface area contributed by atoms with Crippen molar-refractivity contribution < 1.29 is 28.6 Å². The van der Waals surface area contributed by atoms with Crippen LogP contribution in [0, 0.1) is 5.92 Å². The number of methoxy groups -OCH3 is 1. The van der Waals surface area contributed by atoms with Gasteiger partial charge in [0.2, 0.25) is 5.91 Å². The predicted molar refractivity (Wildman–Crippen MR) is 158 cm³/mol. The zero-order chi connectivity index (χ0) is 29.7. The average Bonchev–Trinajstić information content (AvgIpc) is 3.43. The lowest BCUT2D eigenvalue weighted by atomic mass is 9.67. The van der Waals surface area contributed by atoms with Crippen LogP contribution >= 0.6 is 11.3 Å². The number of nitrogens with zero attached hydrogens (tertiary/aromatic N) is 1. The summed E-state index contributed by atoms with van der Waals surface area (Å²) in [6.45, 7) is 9.06. The number of benzene rings is 2. The zero-order valence-electron chi connectivity index (χ0n) is 24.1. The first-order chi connectivity index (χ1) is 19.6. The summed E-state index contributed by atoms with van der Waals surface area (Å²) >= 11 is 1.35. The lowest BCUT2D eigenvalue weighted by molar-refractivity contribution is -0.152. The molecule has 3 unspecified atom stereocenters. The van der Waals surface area contributed by atoms with E-state index in [1.807, 2.05) is 55.6 Å². The molecule has 0 spiro atoms. The molecular weight excluding hydrogens is 542 g/mol. The van der Waals surface area contributed by atoms with Crippen LogP contribution in [0.1, 0.15) is 51.1 Å². The van der Waals surface area contributed by atoms with Gasteiger partial charge in [-0.3, -0.25) is 9.59 Å². The van der Waals surface area contributed by atoms with E-state index >= 15 is 0 Å². The molecule has 0 fully saturated rings. The Morgan fingerprint density at radius 3 is 2.41 bits per heavy atom. The highest BCUT2D eigenvalue weighted by Crippen LogP contribution is 2.49. The minimum atomic E-state index is -0.914. The Kier molecular flexibility index (Phi) is 9.12. The third kappa shape index (κ3) is 5.97. The molecule has 1 aliphatic rings. The van der Waals surface area contributed by atoms with Gasteiger partial charge >= 0.3 is 11.9 Å². The molecule has 0 saturated heterocycles. The molecule has 1 aromatic heterocycles. The summed E-state index contributed by atoms with van der Waals surface area (Å²) in [6.07, 6.45) is 0. The molecule has 1 amide bonds. The van der Waals surface area contributed by atoms with E-state index in [4.69, 9.17) is 19.2 Å². The van der Waals surface area contributed by atoms with E-state index in [0.29, 0.717) is 33.4 Å². The van der Waals surface area contributed by atoms with Gasteiger partial charge in [0, 0.05) is 23.6 Å². The molecule has 41 heavy (non-hydrogen) atoms. The second-order valence-corrected chi connectivity index (χ2v) is 10.7. The van der Waals surface area contributed by atoms with Gasteiger partial charge in [-0.2, -0.15) is 0 Å². The quantitative estimate of drug-likeness (QED) is 0.325. The number of carbonyl (C=O) groups is 3. The van der Waals surface area contributed by atoms with Crippen molar-refractivity contribution in [1.82, 2.24) is 10.3 Å². The fraction of sp³-hybridized carbons (Fsp3) is 0.355. The van der Waals surface area contributed by atoms with Crippen LogP contribution in [0.5, 0.6) is 5.75 Å². The van der Waals surface area contributed by atoms with Gasteiger partial charge in [-0.25, -0.2) is 9.78 Å². The number of esters is 2. The van der Waals surface area contributed by atoms with Crippen LogP contribution in [0.2, 0.25) is 0 Å². The molecule has 2 N–H and O–H groups in total. The third-order valence-corrected chi connectivity index (χ3v) is 8.05. The molecule has 0 aliphatic carbocycles. The molecule has 1 aliphatic heterocycles. The number of hydrogen-bond donors (Lipinski definition) is 2. The minimum Gasteiger partial charge on any atom is -0.495 e. The average molecular weight is 578 g/mol. The molecule has 2 aromatic carbocycles. The summed E-state index contributed by atoms with van der Waals surface area (Å²) in [6, 6.07) is 15.0. The highest BCUT2D eigenvalue weighted by Gasteiger charge is 2.54. The SMILES string of the molecule is CCOC(=O)C1=C(C)NC(C)(c2ccccc2)C(C(=O)OCC)C1c1nc(-c2ccc(OC)c(NC(C)=O)c2)cs1. The first kappa shape index (κ1) is 29.8. The van der Waals surface area contributed by atoms with Crippen LogP contribution in [0.25, 0.3) is 11.3 Å². The first-order valence-electron chi connectivity index (χ1n) is 13.4. The fourth-order valence-electron chi connectivity index (χ4n) is 5.38. The summed E-state index contributed by atoms with van der Waals surface area (Å²) in [5, 5.41) is 8.69. The molecule has 0 radical (unpaired) electrons. The van der Waals surface area contributed by atoms with Gasteiger partial charge in [0.15, 0.2) is 0 Å². The molecular formula is C31H35N3O6S. The van der Waals surface area contributed by atoms with E-state index < -0.39 is 29.3 Å². The lowest BCUT2D eigenvalue weighted by Gasteiger charge is -2.46. The maximum Gasteiger partial charge on any atom is 0.336 e. The third-order valence-electron chi connectivity index (χ3n) is 7.12. The second kappa shape index (κ2) is 12.6. The Labute approximate surface area is 243 Å². The number of thiazole rings is 1. The van der Waals surface area contributed by atoms with Crippen molar-refractivity contribution in [3.8, 4) is 17.0 Å². The largest absolute Gasteiger partial charge is 0.495 e. The monoisotopic (exact) mass is 577 g/mol. The van der Waals surface area contributed by atoms with Gasteiger partial charge in [0.05, 0.1) is 54.7 Å².